The molecule has 128 valence electrons. The smallest absolute Gasteiger partial charge is 0.259 e. The Morgan fingerprint density at radius 3 is 2.67 bits per heavy atom. The molecule has 0 aliphatic carbocycles. The quantitative estimate of drug-likeness (QED) is 0.574. The second kappa shape index (κ2) is 8.79. The van der Waals surface area contributed by atoms with Crippen molar-refractivity contribution in [1.82, 2.24) is 0 Å². The summed E-state index contributed by atoms with van der Waals surface area (Å²) in [4.78, 5) is 12.6. The van der Waals surface area contributed by atoms with E-state index in [9.17, 15) is 4.79 Å². The minimum atomic E-state index is -0.287. The van der Waals surface area contributed by atoms with Crippen LogP contribution in [0.4, 0.5) is 11.4 Å². The molecule has 0 radical (unpaired) electrons. The number of carbonyl (C=O) groups is 1. The van der Waals surface area contributed by atoms with Gasteiger partial charge in [-0.05, 0) is 31.2 Å². The van der Waals surface area contributed by atoms with Crippen LogP contribution in [0.15, 0.2) is 42.5 Å². The molecule has 2 aromatic rings. The fraction of sp³-hybridized carbons (Fsp3) is 0.278. The SMILES string of the molecule is CCOCCOc1ccccc1C(=O)Nc1ccc(N)cc1OC. The van der Waals surface area contributed by atoms with Crippen molar-refractivity contribution in [2.75, 3.05) is 38.0 Å². The third-order valence-electron chi connectivity index (χ3n) is 3.29. The average molecular weight is 330 g/mol. The van der Waals surface area contributed by atoms with Gasteiger partial charge in [-0.2, -0.15) is 0 Å². The van der Waals surface area contributed by atoms with Gasteiger partial charge in [0.05, 0.1) is 25.0 Å². The van der Waals surface area contributed by atoms with E-state index in [1.165, 1.54) is 7.11 Å². The molecule has 0 fully saturated rings. The Bertz CT molecular complexity index is 688. The molecule has 0 saturated carbocycles. The van der Waals surface area contributed by atoms with Crippen molar-refractivity contribution in [3.63, 3.8) is 0 Å². The predicted molar refractivity (Wildman–Crippen MR) is 93.8 cm³/mol. The number of para-hydroxylation sites is 1. The van der Waals surface area contributed by atoms with Gasteiger partial charge in [-0.1, -0.05) is 12.1 Å². The highest BCUT2D eigenvalue weighted by molar-refractivity contribution is 6.07. The number of methoxy groups -OCH3 is 1. The Hall–Kier alpha value is -2.73. The Morgan fingerprint density at radius 2 is 1.92 bits per heavy atom. The van der Waals surface area contributed by atoms with Gasteiger partial charge in [0.1, 0.15) is 18.1 Å². The molecule has 6 heteroatoms. The molecule has 0 bridgehead atoms. The molecule has 0 heterocycles. The van der Waals surface area contributed by atoms with Crippen LogP contribution in [0.5, 0.6) is 11.5 Å². The number of benzene rings is 2. The van der Waals surface area contributed by atoms with E-state index in [1.54, 1.807) is 36.4 Å². The Morgan fingerprint density at radius 1 is 1.12 bits per heavy atom. The van der Waals surface area contributed by atoms with Crippen LogP contribution in [0.2, 0.25) is 0 Å². The zero-order chi connectivity index (χ0) is 17.4. The standard InChI is InChI=1S/C18H22N2O4/c1-3-23-10-11-24-16-7-5-4-6-14(16)18(21)20-15-9-8-13(19)12-17(15)22-2/h4-9,12H,3,10-11,19H2,1-2H3,(H,20,21). The summed E-state index contributed by atoms with van der Waals surface area (Å²) in [6, 6.07) is 12.1. The highest BCUT2D eigenvalue weighted by atomic mass is 16.5. The Balaban J connectivity index is 2.12. The van der Waals surface area contributed by atoms with E-state index in [-0.39, 0.29) is 5.91 Å². The van der Waals surface area contributed by atoms with E-state index in [4.69, 9.17) is 19.9 Å². The van der Waals surface area contributed by atoms with E-state index in [0.29, 0.717) is 48.3 Å². The summed E-state index contributed by atoms with van der Waals surface area (Å²) in [7, 11) is 1.52. The molecular weight excluding hydrogens is 308 g/mol. The second-order valence-electron chi connectivity index (χ2n) is 4.96. The number of nitrogens with two attached hydrogens (primary N) is 1. The van der Waals surface area contributed by atoms with Crippen LogP contribution in [0, 0.1) is 0 Å². The van der Waals surface area contributed by atoms with Crippen molar-refractivity contribution in [3.8, 4) is 11.5 Å². The van der Waals surface area contributed by atoms with Crippen LogP contribution >= 0.6 is 0 Å². The maximum absolute atomic E-state index is 12.6. The maximum Gasteiger partial charge on any atom is 0.259 e. The third kappa shape index (κ3) is 4.63. The fourth-order valence-corrected chi connectivity index (χ4v) is 2.14. The number of nitrogen functional groups attached to an aromatic ring is 1. The number of rotatable bonds is 8. The van der Waals surface area contributed by atoms with E-state index < -0.39 is 0 Å². The van der Waals surface area contributed by atoms with E-state index in [0.717, 1.165) is 0 Å². The molecule has 2 rings (SSSR count). The highest BCUT2D eigenvalue weighted by Crippen LogP contribution is 2.28. The largest absolute Gasteiger partial charge is 0.494 e. The van der Waals surface area contributed by atoms with Crippen LogP contribution in [-0.2, 0) is 4.74 Å². The summed E-state index contributed by atoms with van der Waals surface area (Å²) in [5.74, 6) is 0.715. The molecule has 0 atom stereocenters. The fourth-order valence-electron chi connectivity index (χ4n) is 2.14. The maximum atomic E-state index is 12.6. The number of hydrogen-bond acceptors (Lipinski definition) is 5. The lowest BCUT2D eigenvalue weighted by atomic mass is 10.1. The van der Waals surface area contributed by atoms with Gasteiger partial charge >= 0.3 is 0 Å². The van der Waals surface area contributed by atoms with Crippen molar-refractivity contribution < 1.29 is 19.0 Å². The first-order chi connectivity index (χ1) is 11.7. The molecule has 0 aliphatic rings. The number of nitrogens with one attached hydrogen (secondary N) is 1. The first-order valence-corrected chi connectivity index (χ1v) is 7.70. The van der Waals surface area contributed by atoms with Gasteiger partial charge in [-0.25, -0.2) is 0 Å². The Labute approximate surface area is 141 Å². The van der Waals surface area contributed by atoms with E-state index in [2.05, 4.69) is 5.32 Å². The van der Waals surface area contributed by atoms with Gasteiger partial charge in [0.2, 0.25) is 0 Å². The minimum absolute atomic E-state index is 0.287. The van der Waals surface area contributed by atoms with Crippen LogP contribution in [0.1, 0.15) is 17.3 Å². The predicted octanol–water partition coefficient (Wildman–Crippen LogP) is 2.95. The van der Waals surface area contributed by atoms with Crippen molar-refractivity contribution >= 4 is 17.3 Å². The zero-order valence-electron chi connectivity index (χ0n) is 13.9. The van der Waals surface area contributed by atoms with Gasteiger partial charge in [-0.15, -0.1) is 0 Å². The van der Waals surface area contributed by atoms with Crippen LogP contribution in [0.25, 0.3) is 0 Å². The summed E-state index contributed by atoms with van der Waals surface area (Å²) in [6.07, 6.45) is 0. The number of ether oxygens (including phenoxy) is 3. The normalized spacial score (nSPS) is 10.2. The third-order valence-corrected chi connectivity index (χ3v) is 3.29. The molecule has 0 unspecified atom stereocenters. The molecule has 3 N–H and O–H groups in total. The zero-order valence-corrected chi connectivity index (χ0v) is 13.9. The van der Waals surface area contributed by atoms with Crippen molar-refractivity contribution in [2.24, 2.45) is 0 Å². The van der Waals surface area contributed by atoms with Gasteiger partial charge in [0.15, 0.2) is 0 Å². The number of anilines is 2. The minimum Gasteiger partial charge on any atom is -0.494 e. The lowest BCUT2D eigenvalue weighted by Crippen LogP contribution is -2.15. The number of hydrogen-bond donors (Lipinski definition) is 2. The highest BCUT2D eigenvalue weighted by Gasteiger charge is 2.14. The van der Waals surface area contributed by atoms with Gasteiger partial charge in [0.25, 0.3) is 5.91 Å². The summed E-state index contributed by atoms with van der Waals surface area (Å²) < 4.78 is 16.1. The number of carbonyl (C=O) groups excluding carboxylic acids is 1. The molecule has 0 saturated heterocycles. The summed E-state index contributed by atoms with van der Waals surface area (Å²) in [6.45, 7) is 3.39. The molecular formula is C18H22N2O4. The lowest BCUT2D eigenvalue weighted by Gasteiger charge is -2.13. The van der Waals surface area contributed by atoms with Crippen LogP contribution in [-0.4, -0.2) is 32.8 Å². The Kier molecular flexibility index (Phi) is 6.45. The molecule has 6 nitrogen and oxygen atoms in total. The summed E-state index contributed by atoms with van der Waals surface area (Å²) in [5.41, 5.74) is 7.26. The monoisotopic (exact) mass is 330 g/mol. The number of amides is 1. The molecule has 0 aliphatic heterocycles. The average Bonchev–Trinajstić information content (AvgIpc) is 2.60. The van der Waals surface area contributed by atoms with Gasteiger partial charge in [0, 0.05) is 18.4 Å². The summed E-state index contributed by atoms with van der Waals surface area (Å²) in [5, 5.41) is 2.82. The molecule has 2 aromatic carbocycles. The van der Waals surface area contributed by atoms with Crippen LogP contribution < -0.4 is 20.5 Å². The van der Waals surface area contributed by atoms with Gasteiger partial charge < -0.3 is 25.3 Å². The second-order valence-corrected chi connectivity index (χ2v) is 4.96. The molecule has 0 aromatic heterocycles. The van der Waals surface area contributed by atoms with Crippen LogP contribution in [0.3, 0.4) is 0 Å². The van der Waals surface area contributed by atoms with Crippen molar-refractivity contribution in [2.45, 2.75) is 6.92 Å². The van der Waals surface area contributed by atoms with Crippen molar-refractivity contribution in [3.05, 3.63) is 48.0 Å². The van der Waals surface area contributed by atoms with E-state index >= 15 is 0 Å². The molecule has 1 amide bonds. The molecule has 0 spiro atoms. The lowest BCUT2D eigenvalue weighted by molar-refractivity contribution is 0.0998. The molecule has 24 heavy (non-hydrogen) atoms. The van der Waals surface area contributed by atoms with Crippen molar-refractivity contribution in [1.29, 1.82) is 0 Å². The first-order valence-electron chi connectivity index (χ1n) is 7.70. The summed E-state index contributed by atoms with van der Waals surface area (Å²) >= 11 is 0. The van der Waals surface area contributed by atoms with E-state index in [1.807, 2.05) is 13.0 Å². The topological polar surface area (TPSA) is 82.8 Å². The van der Waals surface area contributed by atoms with Gasteiger partial charge in [-0.3, -0.25) is 4.79 Å². The first kappa shape index (κ1) is 17.6.